The highest BCUT2D eigenvalue weighted by molar-refractivity contribution is 5.85. The van der Waals surface area contributed by atoms with Crippen LogP contribution in [0.3, 0.4) is 0 Å². The fourth-order valence-corrected chi connectivity index (χ4v) is 0.692. The summed E-state index contributed by atoms with van der Waals surface area (Å²) in [7, 11) is 0. The Kier molecular flexibility index (Phi) is 2.62. The summed E-state index contributed by atoms with van der Waals surface area (Å²) in [5.74, 6) is 0.810. The van der Waals surface area contributed by atoms with E-state index < -0.39 is 0 Å². The lowest BCUT2D eigenvalue weighted by molar-refractivity contribution is 0.282. The number of rotatable bonds is 0. The van der Waals surface area contributed by atoms with E-state index in [0.717, 1.165) is 5.92 Å². The molecule has 1 aliphatic rings. The molecular weight excluding hydrogens is 110 g/mol. The summed E-state index contributed by atoms with van der Waals surface area (Å²) in [6.07, 6.45) is 2.60. The summed E-state index contributed by atoms with van der Waals surface area (Å²) in [6, 6.07) is 0.532. The maximum Gasteiger partial charge on any atom is 0.00646 e. The monoisotopic (exact) mass is 121 g/mol. The highest BCUT2D eigenvalue weighted by Crippen LogP contribution is 2.23. The van der Waals surface area contributed by atoms with Crippen molar-refractivity contribution in [2.24, 2.45) is 11.7 Å². The molecule has 2 atom stereocenters. The topological polar surface area (TPSA) is 26.0 Å². The van der Waals surface area contributed by atoms with Gasteiger partial charge in [0.05, 0.1) is 0 Å². The van der Waals surface area contributed by atoms with Gasteiger partial charge in [-0.05, 0) is 18.8 Å². The fraction of sp³-hybridized carbons (Fsp3) is 1.00. The first-order chi connectivity index (χ1) is 2.80. The predicted molar refractivity (Wildman–Crippen MR) is 33.6 cm³/mol. The van der Waals surface area contributed by atoms with Crippen LogP contribution in [0.4, 0.5) is 0 Å². The van der Waals surface area contributed by atoms with Crippen molar-refractivity contribution in [3.63, 3.8) is 0 Å². The summed E-state index contributed by atoms with van der Waals surface area (Å²) >= 11 is 0. The lowest BCUT2D eigenvalue weighted by Crippen LogP contribution is -2.37. The third-order valence-corrected chi connectivity index (χ3v) is 1.69. The van der Waals surface area contributed by atoms with Gasteiger partial charge in [-0.2, -0.15) is 0 Å². The van der Waals surface area contributed by atoms with E-state index in [1.165, 1.54) is 12.8 Å². The Balaban J connectivity index is 0.000000360. The average molecular weight is 122 g/mol. The molecule has 44 valence electrons. The smallest absolute Gasteiger partial charge is 0.00646 e. The number of nitrogens with two attached hydrogens (primary N) is 1. The lowest BCUT2D eigenvalue weighted by atomic mass is 9.82. The van der Waals surface area contributed by atoms with Crippen LogP contribution >= 0.6 is 12.4 Å². The van der Waals surface area contributed by atoms with Gasteiger partial charge in [-0.15, -0.1) is 12.4 Å². The van der Waals surface area contributed by atoms with Crippen LogP contribution in [0.25, 0.3) is 0 Å². The van der Waals surface area contributed by atoms with Crippen LogP contribution in [0, 0.1) is 5.92 Å². The van der Waals surface area contributed by atoms with E-state index in [-0.39, 0.29) is 12.4 Å². The molecule has 0 aromatic heterocycles. The molecule has 1 fully saturated rings. The van der Waals surface area contributed by atoms with E-state index in [2.05, 4.69) is 6.92 Å². The van der Waals surface area contributed by atoms with Crippen molar-refractivity contribution in [3.8, 4) is 0 Å². The second-order valence-corrected chi connectivity index (χ2v) is 2.22. The Hall–Kier alpha value is 0.250. The van der Waals surface area contributed by atoms with Gasteiger partial charge in [0.1, 0.15) is 0 Å². The molecule has 0 unspecified atom stereocenters. The van der Waals surface area contributed by atoms with Gasteiger partial charge in [0.15, 0.2) is 0 Å². The maximum atomic E-state index is 5.52. The highest BCUT2D eigenvalue weighted by atomic mass is 35.5. The Morgan fingerprint density at radius 2 is 1.86 bits per heavy atom. The van der Waals surface area contributed by atoms with E-state index in [4.69, 9.17) is 5.73 Å². The number of hydrogen-bond acceptors (Lipinski definition) is 1. The summed E-state index contributed by atoms with van der Waals surface area (Å²) in [4.78, 5) is 0. The van der Waals surface area contributed by atoms with E-state index in [1.54, 1.807) is 0 Å². The third kappa shape index (κ3) is 1.32. The molecule has 1 rings (SSSR count). The average Bonchev–Trinajstić information content (AvgIpc) is 1.61. The number of halogens is 1. The predicted octanol–water partition coefficient (Wildman–Crippen LogP) is 1.17. The largest absolute Gasteiger partial charge is 0.327 e. The van der Waals surface area contributed by atoms with Gasteiger partial charge in [-0.3, -0.25) is 0 Å². The van der Waals surface area contributed by atoms with Gasteiger partial charge >= 0.3 is 0 Å². The molecule has 2 heteroatoms. The second kappa shape index (κ2) is 2.53. The summed E-state index contributed by atoms with van der Waals surface area (Å²) in [5.41, 5.74) is 5.52. The lowest BCUT2D eigenvalue weighted by Gasteiger charge is -2.29. The van der Waals surface area contributed by atoms with E-state index in [1.807, 2.05) is 0 Å². The molecule has 2 N–H and O–H groups in total. The van der Waals surface area contributed by atoms with Crippen molar-refractivity contribution in [2.45, 2.75) is 25.8 Å². The van der Waals surface area contributed by atoms with Gasteiger partial charge in [0.2, 0.25) is 0 Å². The first-order valence-corrected chi connectivity index (χ1v) is 2.56. The minimum atomic E-state index is 0. The van der Waals surface area contributed by atoms with Gasteiger partial charge in [0.25, 0.3) is 0 Å². The Labute approximate surface area is 50.7 Å². The molecule has 1 saturated carbocycles. The second-order valence-electron chi connectivity index (χ2n) is 2.22. The van der Waals surface area contributed by atoms with Crippen LogP contribution < -0.4 is 5.73 Å². The molecule has 0 aliphatic heterocycles. The molecule has 0 spiro atoms. The molecule has 0 aromatic rings. The summed E-state index contributed by atoms with van der Waals surface area (Å²) in [5, 5.41) is 0. The molecule has 0 bridgehead atoms. The van der Waals surface area contributed by atoms with Gasteiger partial charge in [0, 0.05) is 6.04 Å². The molecular formula is C5H12ClN. The highest BCUT2D eigenvalue weighted by Gasteiger charge is 2.21. The third-order valence-electron chi connectivity index (χ3n) is 1.69. The fourth-order valence-electron chi connectivity index (χ4n) is 0.692. The first kappa shape index (κ1) is 7.25. The SMILES string of the molecule is C[C@@H]1CC[C@@H]1N.Cl. The van der Waals surface area contributed by atoms with E-state index >= 15 is 0 Å². The first-order valence-electron chi connectivity index (χ1n) is 2.56. The molecule has 1 nitrogen and oxygen atoms in total. The van der Waals surface area contributed by atoms with Crippen molar-refractivity contribution in [1.29, 1.82) is 0 Å². The standard InChI is InChI=1S/C5H11N.ClH/c1-4-2-3-5(4)6;/h4-5H,2-3,6H2,1H3;1H/t4-,5+;/m1./s1. The van der Waals surface area contributed by atoms with Crippen molar-refractivity contribution in [1.82, 2.24) is 0 Å². The van der Waals surface area contributed by atoms with Crippen molar-refractivity contribution in [3.05, 3.63) is 0 Å². The van der Waals surface area contributed by atoms with Crippen LogP contribution in [0.5, 0.6) is 0 Å². The molecule has 0 amide bonds. The minimum Gasteiger partial charge on any atom is -0.327 e. The van der Waals surface area contributed by atoms with Crippen LogP contribution in [-0.2, 0) is 0 Å². The van der Waals surface area contributed by atoms with Crippen LogP contribution in [0.1, 0.15) is 19.8 Å². The molecule has 0 saturated heterocycles. The van der Waals surface area contributed by atoms with Gasteiger partial charge in [-0.25, -0.2) is 0 Å². The molecule has 0 heterocycles. The van der Waals surface area contributed by atoms with Crippen molar-refractivity contribution in [2.75, 3.05) is 0 Å². The summed E-state index contributed by atoms with van der Waals surface area (Å²) < 4.78 is 0. The van der Waals surface area contributed by atoms with Crippen molar-refractivity contribution >= 4 is 12.4 Å². The summed E-state index contributed by atoms with van der Waals surface area (Å²) in [6.45, 7) is 2.20. The zero-order valence-corrected chi connectivity index (χ0v) is 5.37. The maximum absolute atomic E-state index is 5.52. The molecule has 7 heavy (non-hydrogen) atoms. The Morgan fingerprint density at radius 1 is 1.43 bits per heavy atom. The molecule has 1 aliphatic carbocycles. The molecule has 0 radical (unpaired) electrons. The zero-order valence-electron chi connectivity index (χ0n) is 4.55. The van der Waals surface area contributed by atoms with E-state index in [0.29, 0.717) is 6.04 Å². The Bertz CT molecular complexity index is 48.0. The number of hydrogen-bond donors (Lipinski definition) is 1. The quantitative estimate of drug-likeness (QED) is 0.512. The van der Waals surface area contributed by atoms with Gasteiger partial charge in [-0.1, -0.05) is 6.92 Å². The van der Waals surface area contributed by atoms with E-state index in [9.17, 15) is 0 Å². The molecule has 0 aromatic carbocycles. The van der Waals surface area contributed by atoms with Crippen LogP contribution in [-0.4, -0.2) is 6.04 Å². The van der Waals surface area contributed by atoms with Crippen molar-refractivity contribution < 1.29 is 0 Å². The van der Waals surface area contributed by atoms with Crippen LogP contribution in [0.2, 0.25) is 0 Å². The normalized spacial score (nSPS) is 38.6. The zero-order chi connectivity index (χ0) is 4.57. The van der Waals surface area contributed by atoms with Gasteiger partial charge < -0.3 is 5.73 Å². The van der Waals surface area contributed by atoms with Crippen LogP contribution in [0.15, 0.2) is 0 Å². The minimum absolute atomic E-state index is 0. The Morgan fingerprint density at radius 3 is 1.86 bits per heavy atom.